The summed E-state index contributed by atoms with van der Waals surface area (Å²) in [6.07, 6.45) is 4.73. The summed E-state index contributed by atoms with van der Waals surface area (Å²) < 4.78 is 5.65. The molecular formula is C18H27N2O3S+. The van der Waals surface area contributed by atoms with Gasteiger partial charge in [-0.25, -0.2) is 0 Å². The fourth-order valence-corrected chi connectivity index (χ4v) is 3.68. The van der Waals surface area contributed by atoms with Gasteiger partial charge in [0.1, 0.15) is 5.75 Å². The molecule has 3 N–H and O–H groups in total. The van der Waals surface area contributed by atoms with E-state index in [1.165, 1.54) is 10.5 Å². The molecule has 6 heteroatoms. The molecule has 5 nitrogen and oxygen atoms in total. The predicted molar refractivity (Wildman–Crippen MR) is 96.0 cm³/mol. The van der Waals surface area contributed by atoms with Gasteiger partial charge in [0.05, 0.1) is 24.9 Å². The Morgan fingerprint density at radius 1 is 1.21 bits per heavy atom. The highest BCUT2D eigenvalue weighted by Crippen LogP contribution is 2.30. The summed E-state index contributed by atoms with van der Waals surface area (Å²) >= 11 is 1.16. The van der Waals surface area contributed by atoms with Crippen LogP contribution in [0.4, 0.5) is 4.79 Å². The molecular weight excluding hydrogens is 324 g/mol. The zero-order valence-corrected chi connectivity index (χ0v) is 15.1. The van der Waals surface area contributed by atoms with E-state index in [-0.39, 0.29) is 16.4 Å². The second kappa shape index (κ2) is 9.69. The van der Waals surface area contributed by atoms with Crippen molar-refractivity contribution in [2.75, 3.05) is 19.7 Å². The van der Waals surface area contributed by atoms with Gasteiger partial charge >= 0.3 is 0 Å². The molecule has 1 aliphatic heterocycles. The highest BCUT2D eigenvalue weighted by Gasteiger charge is 2.38. The van der Waals surface area contributed by atoms with Crippen molar-refractivity contribution in [2.24, 2.45) is 0 Å². The number of amides is 2. The van der Waals surface area contributed by atoms with E-state index in [4.69, 9.17) is 4.74 Å². The van der Waals surface area contributed by atoms with E-state index in [9.17, 15) is 9.59 Å². The largest absolute Gasteiger partial charge is 0.494 e. The summed E-state index contributed by atoms with van der Waals surface area (Å²) in [7, 11) is 0. The third-order valence-electron chi connectivity index (χ3n) is 4.01. The van der Waals surface area contributed by atoms with Crippen molar-refractivity contribution in [3.05, 3.63) is 29.8 Å². The number of thioether (sulfide) groups is 1. The topological polar surface area (TPSA) is 74.2 Å². The smallest absolute Gasteiger partial charge is 0.289 e. The molecule has 2 amide bonds. The Labute approximate surface area is 147 Å². The minimum absolute atomic E-state index is 0.0478. The van der Waals surface area contributed by atoms with Gasteiger partial charge in [-0.15, -0.1) is 0 Å². The maximum atomic E-state index is 12.2. The lowest BCUT2D eigenvalue weighted by Gasteiger charge is -2.11. The van der Waals surface area contributed by atoms with E-state index in [0.29, 0.717) is 13.1 Å². The molecule has 1 heterocycles. The average molecular weight is 351 g/mol. The molecule has 0 saturated carbocycles. The minimum Gasteiger partial charge on any atom is -0.494 e. The van der Waals surface area contributed by atoms with Crippen LogP contribution in [0.5, 0.6) is 5.75 Å². The van der Waals surface area contributed by atoms with Gasteiger partial charge < -0.3 is 10.5 Å². The van der Waals surface area contributed by atoms with Crippen LogP contribution in [-0.4, -0.2) is 41.0 Å². The van der Waals surface area contributed by atoms with Gasteiger partial charge in [0.2, 0.25) is 5.91 Å². The molecule has 1 saturated heterocycles. The number of carbonyl (C=O) groups is 2. The van der Waals surface area contributed by atoms with Crippen LogP contribution < -0.4 is 10.5 Å². The van der Waals surface area contributed by atoms with E-state index < -0.39 is 0 Å². The molecule has 1 fully saturated rings. The maximum Gasteiger partial charge on any atom is 0.289 e. The number of ether oxygens (including phenoxy) is 1. The first-order chi connectivity index (χ1) is 11.7. The van der Waals surface area contributed by atoms with Crippen molar-refractivity contribution in [1.29, 1.82) is 0 Å². The normalized spacial score (nSPS) is 17.6. The summed E-state index contributed by atoms with van der Waals surface area (Å²) in [4.78, 5) is 25.3. The van der Waals surface area contributed by atoms with E-state index in [1.54, 1.807) is 0 Å². The van der Waals surface area contributed by atoms with Gasteiger partial charge in [0.25, 0.3) is 5.24 Å². The number of quaternary nitrogens is 1. The fourth-order valence-electron chi connectivity index (χ4n) is 2.62. The van der Waals surface area contributed by atoms with Gasteiger partial charge in [-0.1, -0.05) is 37.2 Å². The standard InChI is InChI=1S/C18H26N2O3S/c1-2-3-13-23-15-9-7-14(8-10-15)5-4-6-16-17(21)20(12-11-19)18(22)24-16/h7-10,16H,2-6,11-13,19H2,1H3/p+1. The number of hydrogen-bond donors (Lipinski definition) is 1. The first kappa shape index (κ1) is 18.8. The van der Waals surface area contributed by atoms with Crippen molar-refractivity contribution in [3.63, 3.8) is 0 Å². The maximum absolute atomic E-state index is 12.2. The lowest BCUT2D eigenvalue weighted by atomic mass is 10.1. The summed E-state index contributed by atoms with van der Waals surface area (Å²) in [5.41, 5.74) is 4.94. The molecule has 2 rings (SSSR count). The molecule has 0 spiro atoms. The van der Waals surface area contributed by atoms with Crippen LogP contribution >= 0.6 is 11.8 Å². The van der Waals surface area contributed by atoms with Crippen molar-refractivity contribution < 1.29 is 20.1 Å². The van der Waals surface area contributed by atoms with Crippen molar-refractivity contribution in [2.45, 2.75) is 44.3 Å². The predicted octanol–water partition coefficient (Wildman–Crippen LogP) is 2.49. The Balaban J connectivity index is 1.74. The summed E-state index contributed by atoms with van der Waals surface area (Å²) in [5.74, 6) is 0.858. The SMILES string of the molecule is CCCCOc1ccc(CCCC2SC(=O)N(CC[NH3+])C2=O)cc1. The fraction of sp³-hybridized carbons (Fsp3) is 0.556. The third kappa shape index (κ3) is 5.24. The molecule has 0 bridgehead atoms. The van der Waals surface area contributed by atoms with E-state index in [2.05, 4.69) is 24.8 Å². The van der Waals surface area contributed by atoms with Gasteiger partial charge in [-0.05, 0) is 43.4 Å². The second-order valence-corrected chi connectivity index (χ2v) is 7.11. The number of imide groups is 1. The molecule has 1 aliphatic rings. The van der Waals surface area contributed by atoms with Crippen LogP contribution in [0.2, 0.25) is 0 Å². The molecule has 132 valence electrons. The lowest BCUT2D eigenvalue weighted by Crippen LogP contribution is -2.55. The molecule has 1 aromatic carbocycles. The number of aryl methyl sites for hydroxylation is 1. The van der Waals surface area contributed by atoms with Gasteiger partial charge in [-0.2, -0.15) is 0 Å². The molecule has 1 unspecified atom stereocenters. The Hall–Kier alpha value is -1.53. The number of hydrogen-bond acceptors (Lipinski definition) is 4. The van der Waals surface area contributed by atoms with E-state index >= 15 is 0 Å². The minimum atomic E-state index is -0.222. The molecule has 0 aromatic heterocycles. The van der Waals surface area contributed by atoms with Crippen LogP contribution in [0.15, 0.2) is 24.3 Å². The Bertz CT molecular complexity index is 548. The van der Waals surface area contributed by atoms with Crippen LogP contribution in [-0.2, 0) is 11.2 Å². The zero-order chi connectivity index (χ0) is 17.4. The number of unbranched alkanes of at least 4 members (excludes halogenated alkanes) is 1. The number of benzene rings is 1. The van der Waals surface area contributed by atoms with Crippen molar-refractivity contribution in [1.82, 2.24) is 4.90 Å². The summed E-state index contributed by atoms with van der Waals surface area (Å²) in [6.45, 7) is 3.90. The van der Waals surface area contributed by atoms with E-state index in [1.807, 2.05) is 12.1 Å². The molecule has 1 atom stereocenters. The van der Waals surface area contributed by atoms with Crippen LogP contribution in [0.1, 0.15) is 38.2 Å². The average Bonchev–Trinajstić information content (AvgIpc) is 2.85. The van der Waals surface area contributed by atoms with Crippen LogP contribution in [0, 0.1) is 0 Å². The number of rotatable bonds is 10. The molecule has 0 aliphatic carbocycles. The monoisotopic (exact) mass is 351 g/mol. The second-order valence-electron chi connectivity index (χ2n) is 5.95. The first-order valence-electron chi connectivity index (χ1n) is 8.68. The lowest BCUT2D eigenvalue weighted by molar-refractivity contribution is -0.367. The highest BCUT2D eigenvalue weighted by atomic mass is 32.2. The Morgan fingerprint density at radius 3 is 2.62 bits per heavy atom. The quantitative estimate of drug-likeness (QED) is 0.657. The molecule has 0 radical (unpaired) electrons. The Morgan fingerprint density at radius 2 is 1.96 bits per heavy atom. The number of nitrogens with zero attached hydrogens (tertiary/aromatic N) is 1. The molecule has 1 aromatic rings. The van der Waals surface area contributed by atoms with Gasteiger partial charge in [0, 0.05) is 0 Å². The Kier molecular flexibility index (Phi) is 7.59. The van der Waals surface area contributed by atoms with E-state index in [0.717, 1.165) is 56.2 Å². The molecule has 24 heavy (non-hydrogen) atoms. The van der Waals surface area contributed by atoms with Crippen molar-refractivity contribution in [3.8, 4) is 5.75 Å². The van der Waals surface area contributed by atoms with Crippen LogP contribution in [0.25, 0.3) is 0 Å². The van der Waals surface area contributed by atoms with Crippen molar-refractivity contribution >= 4 is 22.9 Å². The van der Waals surface area contributed by atoms with Gasteiger partial charge in [0.15, 0.2) is 0 Å². The third-order valence-corrected chi connectivity index (χ3v) is 5.15. The summed E-state index contributed by atoms with van der Waals surface area (Å²) in [5, 5.41) is -0.345. The first-order valence-corrected chi connectivity index (χ1v) is 9.56. The van der Waals surface area contributed by atoms with Crippen LogP contribution in [0.3, 0.4) is 0 Å². The van der Waals surface area contributed by atoms with Gasteiger partial charge in [-0.3, -0.25) is 14.5 Å². The highest BCUT2D eigenvalue weighted by molar-refractivity contribution is 8.15. The summed E-state index contributed by atoms with van der Waals surface area (Å²) in [6, 6.07) is 8.15. The number of carbonyl (C=O) groups excluding carboxylic acids is 2. The zero-order valence-electron chi connectivity index (χ0n) is 14.3.